The Morgan fingerprint density at radius 1 is 0.700 bits per heavy atom. The van der Waals surface area contributed by atoms with E-state index in [-0.39, 0.29) is 17.9 Å². The molecule has 1 aliphatic heterocycles. The van der Waals surface area contributed by atoms with Gasteiger partial charge >= 0.3 is 0 Å². The highest BCUT2D eigenvalue weighted by Gasteiger charge is 2.52. The summed E-state index contributed by atoms with van der Waals surface area (Å²) in [5.74, 6) is -0.00653. The molecule has 40 heavy (non-hydrogen) atoms. The fraction of sp³-hybridized carbons (Fsp3) is 0.722. The summed E-state index contributed by atoms with van der Waals surface area (Å²) < 4.78 is 1.06. The van der Waals surface area contributed by atoms with Gasteiger partial charge in [-0.25, -0.2) is 0 Å². The van der Waals surface area contributed by atoms with Crippen molar-refractivity contribution in [3.8, 4) is 0 Å². The minimum Gasteiger partial charge on any atom is -0.276 e. The number of nitrogens with zero attached hydrogens (tertiary/aromatic N) is 1. The number of hydrogen-bond acceptors (Lipinski definition) is 2. The summed E-state index contributed by atoms with van der Waals surface area (Å²) in [4.78, 5) is 29.5. The summed E-state index contributed by atoms with van der Waals surface area (Å²) in [7, 11) is 0. The zero-order valence-corrected chi connectivity index (χ0v) is 27.2. The molecule has 0 radical (unpaired) electrons. The van der Waals surface area contributed by atoms with Crippen molar-refractivity contribution in [2.24, 2.45) is 5.41 Å². The van der Waals surface area contributed by atoms with Crippen LogP contribution >= 0.6 is 15.9 Å². The number of rotatable bonds is 21. The van der Waals surface area contributed by atoms with Crippen molar-refractivity contribution in [1.82, 2.24) is 4.90 Å². The number of allylic oxidation sites excluding steroid dienone is 7. The Morgan fingerprint density at radius 3 is 1.73 bits per heavy atom. The quantitative estimate of drug-likeness (QED) is 0.0953. The molecule has 3 aliphatic rings. The fourth-order valence-electron chi connectivity index (χ4n) is 6.94. The number of likely N-dealkylation sites (tertiary alicyclic amines) is 1. The maximum Gasteiger partial charge on any atom is 0.257 e. The largest absolute Gasteiger partial charge is 0.276 e. The third kappa shape index (κ3) is 9.57. The second-order valence-electron chi connectivity index (χ2n) is 12.6. The van der Waals surface area contributed by atoms with E-state index >= 15 is 0 Å². The Hall–Kier alpha value is -1.42. The van der Waals surface area contributed by atoms with Gasteiger partial charge in [-0.1, -0.05) is 176 Å². The second-order valence-corrected chi connectivity index (χ2v) is 13.6. The SMILES string of the molecule is CCCCCCCCCCCC(CCCCCCCCCCC)N1C(=O)CC23CC(Br)=CC=C2C=CC=C3C1=O. The minimum absolute atomic E-state index is 0.0300. The average Bonchev–Trinajstić information content (AvgIpc) is 2.94. The lowest BCUT2D eigenvalue weighted by Crippen LogP contribution is -2.55. The predicted molar refractivity (Wildman–Crippen MR) is 173 cm³/mol. The minimum atomic E-state index is -0.493. The first-order chi connectivity index (χ1) is 19.5. The maximum absolute atomic E-state index is 14.0. The Morgan fingerprint density at radius 2 is 1.20 bits per heavy atom. The zero-order chi connectivity index (χ0) is 28.6. The normalized spacial score (nSPS) is 20.4. The number of piperidine rings is 1. The van der Waals surface area contributed by atoms with E-state index in [4.69, 9.17) is 0 Å². The summed E-state index contributed by atoms with van der Waals surface area (Å²) in [5, 5.41) is 0. The van der Waals surface area contributed by atoms with Crippen LogP contribution < -0.4 is 0 Å². The van der Waals surface area contributed by atoms with Crippen molar-refractivity contribution < 1.29 is 9.59 Å². The Bertz CT molecular complexity index is 907. The molecule has 0 aromatic carbocycles. The van der Waals surface area contributed by atoms with Crippen LogP contribution in [0.15, 0.2) is 46.0 Å². The number of imide groups is 1. The Kier molecular flexibility index (Phi) is 15.0. The molecule has 0 aromatic rings. The van der Waals surface area contributed by atoms with Gasteiger partial charge in [-0.15, -0.1) is 0 Å². The molecule has 1 heterocycles. The molecule has 224 valence electrons. The maximum atomic E-state index is 14.0. The van der Waals surface area contributed by atoms with Gasteiger partial charge < -0.3 is 0 Å². The number of hydrogen-bond donors (Lipinski definition) is 0. The van der Waals surface area contributed by atoms with Crippen LogP contribution in [-0.4, -0.2) is 22.8 Å². The van der Waals surface area contributed by atoms with E-state index in [0.717, 1.165) is 41.3 Å². The number of carbonyl (C=O) groups excluding carboxylic acids is 2. The van der Waals surface area contributed by atoms with Crippen molar-refractivity contribution in [1.29, 1.82) is 0 Å². The molecule has 0 aromatic heterocycles. The molecule has 3 nitrogen and oxygen atoms in total. The fourth-order valence-corrected chi connectivity index (χ4v) is 7.55. The number of unbranched alkanes of at least 4 members (excludes halogenated alkanes) is 16. The Balaban J connectivity index is 1.56. The molecule has 0 saturated carbocycles. The molecule has 1 unspecified atom stereocenters. The second kappa shape index (κ2) is 18.2. The molecule has 1 atom stereocenters. The lowest BCUT2D eigenvalue weighted by Gasteiger charge is -2.47. The van der Waals surface area contributed by atoms with Crippen LogP contribution in [0, 0.1) is 5.41 Å². The number of halogens is 1. The van der Waals surface area contributed by atoms with Gasteiger partial charge in [0.1, 0.15) is 0 Å². The molecule has 0 bridgehead atoms. The van der Waals surface area contributed by atoms with Gasteiger partial charge in [0, 0.05) is 23.5 Å². The van der Waals surface area contributed by atoms with Gasteiger partial charge in [0.2, 0.25) is 5.91 Å². The van der Waals surface area contributed by atoms with Crippen molar-refractivity contribution in [3.63, 3.8) is 0 Å². The summed E-state index contributed by atoms with van der Waals surface area (Å²) in [5.41, 5.74) is 1.42. The first-order valence-corrected chi connectivity index (χ1v) is 17.6. The third-order valence-electron chi connectivity index (χ3n) is 9.34. The molecule has 1 spiro atoms. The highest BCUT2D eigenvalue weighted by molar-refractivity contribution is 9.11. The number of amides is 2. The predicted octanol–water partition coefficient (Wildman–Crippen LogP) is 11.0. The summed E-state index contributed by atoms with van der Waals surface area (Å²) in [6.45, 7) is 4.54. The molecule has 2 amide bonds. The van der Waals surface area contributed by atoms with E-state index in [9.17, 15) is 9.59 Å². The van der Waals surface area contributed by atoms with Gasteiger partial charge in [0.15, 0.2) is 0 Å². The first-order valence-electron chi connectivity index (χ1n) is 16.9. The molecule has 0 N–H and O–H groups in total. The molecule has 4 heteroatoms. The lowest BCUT2D eigenvalue weighted by atomic mass is 9.62. The van der Waals surface area contributed by atoms with Gasteiger partial charge in [0.05, 0.1) is 0 Å². The van der Waals surface area contributed by atoms with Crippen LogP contribution in [0.4, 0.5) is 0 Å². The monoisotopic (exact) mass is 613 g/mol. The average molecular weight is 615 g/mol. The third-order valence-corrected chi connectivity index (χ3v) is 9.88. The van der Waals surface area contributed by atoms with Crippen LogP contribution in [0.25, 0.3) is 0 Å². The van der Waals surface area contributed by atoms with Gasteiger partial charge in [-0.2, -0.15) is 0 Å². The van der Waals surface area contributed by atoms with E-state index in [2.05, 4.69) is 48.0 Å². The van der Waals surface area contributed by atoms with Crippen molar-refractivity contribution >= 4 is 27.7 Å². The van der Waals surface area contributed by atoms with Crippen LogP contribution in [0.2, 0.25) is 0 Å². The summed E-state index contributed by atoms with van der Waals surface area (Å²) >= 11 is 3.66. The van der Waals surface area contributed by atoms with Crippen molar-refractivity contribution in [3.05, 3.63) is 46.0 Å². The highest BCUT2D eigenvalue weighted by atomic mass is 79.9. The van der Waals surface area contributed by atoms with E-state index in [1.165, 1.54) is 103 Å². The van der Waals surface area contributed by atoms with Gasteiger partial charge in [-0.3, -0.25) is 14.5 Å². The van der Waals surface area contributed by atoms with Crippen molar-refractivity contribution in [2.45, 2.75) is 161 Å². The highest BCUT2D eigenvalue weighted by Crippen LogP contribution is 2.53. The summed E-state index contributed by atoms with van der Waals surface area (Å²) in [6, 6.07) is 0.0354. The number of carbonyl (C=O) groups is 2. The van der Waals surface area contributed by atoms with Crippen LogP contribution in [-0.2, 0) is 9.59 Å². The lowest BCUT2D eigenvalue weighted by molar-refractivity contribution is -0.151. The van der Waals surface area contributed by atoms with E-state index < -0.39 is 5.41 Å². The van der Waals surface area contributed by atoms with Gasteiger partial charge in [0.25, 0.3) is 5.91 Å². The van der Waals surface area contributed by atoms with Crippen molar-refractivity contribution in [2.75, 3.05) is 0 Å². The molecule has 2 aliphatic carbocycles. The molecule has 3 rings (SSSR count). The van der Waals surface area contributed by atoms with Crippen LogP contribution in [0.5, 0.6) is 0 Å². The van der Waals surface area contributed by atoms with Crippen LogP contribution in [0.1, 0.15) is 155 Å². The molecule has 1 saturated heterocycles. The zero-order valence-electron chi connectivity index (χ0n) is 25.7. The molecule has 1 fully saturated rings. The Labute approximate surface area is 254 Å². The van der Waals surface area contributed by atoms with E-state index in [0.29, 0.717) is 12.8 Å². The molecular weight excluding hydrogens is 558 g/mol. The summed E-state index contributed by atoms with van der Waals surface area (Å²) in [6.07, 6.45) is 36.4. The van der Waals surface area contributed by atoms with E-state index in [1.807, 2.05) is 12.2 Å². The topological polar surface area (TPSA) is 37.4 Å². The first kappa shape index (κ1) is 33.1. The molecular formula is C36H56BrNO2. The van der Waals surface area contributed by atoms with E-state index in [1.54, 1.807) is 4.90 Å². The standard InChI is InChI=1S/C36H56BrNO2/c1-3-5-7-9-11-13-15-17-19-23-32(24-20-18-16-14-12-10-8-6-4-2)38-34(39)29-36-28-31(37)27-26-30(36)22-21-25-33(36)35(38)40/h21-22,25-27,32H,3-20,23-24,28-29H2,1-2H3. The van der Waals surface area contributed by atoms with Crippen LogP contribution in [0.3, 0.4) is 0 Å². The smallest absolute Gasteiger partial charge is 0.257 e. The van der Waals surface area contributed by atoms with Gasteiger partial charge in [-0.05, 0) is 29.3 Å².